The van der Waals surface area contributed by atoms with Gasteiger partial charge < -0.3 is 5.73 Å². The first-order valence-electron chi connectivity index (χ1n) is 4.73. The number of pyridine rings is 1. The van der Waals surface area contributed by atoms with Gasteiger partial charge in [0, 0.05) is 6.20 Å². The van der Waals surface area contributed by atoms with Crippen LogP contribution in [0.3, 0.4) is 0 Å². The molecule has 0 radical (unpaired) electrons. The lowest BCUT2D eigenvalue weighted by Gasteiger charge is -2.12. The van der Waals surface area contributed by atoms with Crippen LogP contribution >= 0.6 is 0 Å². The smallest absolute Gasteiger partial charge is 0.396 e. The van der Waals surface area contributed by atoms with Crippen molar-refractivity contribution in [2.45, 2.75) is 13.1 Å². The van der Waals surface area contributed by atoms with Crippen LogP contribution in [-0.4, -0.2) is 14.8 Å². The molecule has 0 unspecified atom stereocenters. The SMILES string of the molecule is Cc1ccncc1-n1ncc(N)c1C(F)(F)F. The van der Waals surface area contributed by atoms with Crippen molar-refractivity contribution >= 4 is 5.69 Å². The van der Waals surface area contributed by atoms with E-state index in [4.69, 9.17) is 5.73 Å². The maximum atomic E-state index is 12.8. The van der Waals surface area contributed by atoms with Crippen LogP contribution < -0.4 is 5.73 Å². The van der Waals surface area contributed by atoms with Gasteiger partial charge in [0.1, 0.15) is 0 Å². The van der Waals surface area contributed by atoms with Crippen LogP contribution in [0.4, 0.5) is 18.9 Å². The van der Waals surface area contributed by atoms with Crippen LogP contribution in [0, 0.1) is 6.92 Å². The van der Waals surface area contributed by atoms with E-state index >= 15 is 0 Å². The fourth-order valence-electron chi connectivity index (χ4n) is 1.50. The molecule has 0 aliphatic rings. The summed E-state index contributed by atoms with van der Waals surface area (Å²) < 4.78 is 39.2. The summed E-state index contributed by atoms with van der Waals surface area (Å²) in [7, 11) is 0. The molecule has 2 aromatic rings. The van der Waals surface area contributed by atoms with Gasteiger partial charge in [-0.15, -0.1) is 0 Å². The quantitative estimate of drug-likeness (QED) is 0.833. The van der Waals surface area contributed by atoms with E-state index in [1.165, 1.54) is 12.4 Å². The number of nitrogens with two attached hydrogens (primary N) is 1. The number of nitrogen functional groups attached to an aromatic ring is 1. The van der Waals surface area contributed by atoms with Crippen LogP contribution in [-0.2, 0) is 6.18 Å². The van der Waals surface area contributed by atoms with Gasteiger partial charge in [0.05, 0.1) is 23.8 Å². The molecule has 0 saturated carbocycles. The molecule has 2 aromatic heterocycles. The summed E-state index contributed by atoms with van der Waals surface area (Å²) in [5.41, 5.74) is 4.80. The molecule has 0 fully saturated rings. The lowest BCUT2D eigenvalue weighted by molar-refractivity contribution is -0.142. The van der Waals surface area contributed by atoms with Crippen molar-refractivity contribution in [3.63, 3.8) is 0 Å². The summed E-state index contributed by atoms with van der Waals surface area (Å²) >= 11 is 0. The van der Waals surface area contributed by atoms with E-state index in [1.807, 2.05) is 0 Å². The fourth-order valence-corrected chi connectivity index (χ4v) is 1.50. The molecule has 2 heterocycles. The van der Waals surface area contributed by atoms with E-state index in [1.54, 1.807) is 13.0 Å². The Balaban J connectivity index is 2.66. The van der Waals surface area contributed by atoms with Crippen molar-refractivity contribution in [1.29, 1.82) is 0 Å². The number of anilines is 1. The molecule has 17 heavy (non-hydrogen) atoms. The molecule has 4 nitrogen and oxygen atoms in total. The molecule has 0 saturated heterocycles. The fraction of sp³-hybridized carbons (Fsp3) is 0.200. The predicted molar refractivity (Wildman–Crippen MR) is 55.5 cm³/mol. The number of alkyl halides is 3. The van der Waals surface area contributed by atoms with Gasteiger partial charge in [0.15, 0.2) is 5.69 Å². The molecular weight excluding hydrogens is 233 g/mol. The van der Waals surface area contributed by atoms with Crippen LogP contribution in [0.15, 0.2) is 24.7 Å². The summed E-state index contributed by atoms with van der Waals surface area (Å²) in [5.74, 6) is 0. The number of rotatable bonds is 1. The standard InChI is InChI=1S/C10H9F3N4/c1-6-2-3-15-5-8(6)17-9(10(11,12)13)7(14)4-16-17/h2-5H,14H2,1H3. The van der Waals surface area contributed by atoms with E-state index in [2.05, 4.69) is 10.1 Å². The van der Waals surface area contributed by atoms with Crippen LogP contribution in [0.1, 0.15) is 11.3 Å². The van der Waals surface area contributed by atoms with Gasteiger partial charge >= 0.3 is 6.18 Å². The second-order valence-electron chi connectivity index (χ2n) is 3.52. The number of hydrogen-bond acceptors (Lipinski definition) is 3. The summed E-state index contributed by atoms with van der Waals surface area (Å²) in [6.07, 6.45) is -0.756. The van der Waals surface area contributed by atoms with Gasteiger partial charge in [0.2, 0.25) is 0 Å². The minimum absolute atomic E-state index is 0.261. The third kappa shape index (κ3) is 1.95. The molecule has 0 aliphatic heterocycles. The third-order valence-corrected chi connectivity index (χ3v) is 2.31. The predicted octanol–water partition coefficient (Wildman–Crippen LogP) is 2.18. The highest BCUT2D eigenvalue weighted by molar-refractivity contribution is 5.49. The number of aryl methyl sites for hydroxylation is 1. The van der Waals surface area contributed by atoms with Crippen molar-refractivity contribution in [3.05, 3.63) is 35.9 Å². The largest absolute Gasteiger partial charge is 0.435 e. The zero-order valence-corrected chi connectivity index (χ0v) is 8.86. The number of hydrogen-bond donors (Lipinski definition) is 1. The van der Waals surface area contributed by atoms with Crippen molar-refractivity contribution in [1.82, 2.24) is 14.8 Å². The zero-order valence-electron chi connectivity index (χ0n) is 8.86. The van der Waals surface area contributed by atoms with Crippen LogP contribution in [0.5, 0.6) is 0 Å². The molecular formula is C10H9F3N4. The Labute approximate surface area is 94.9 Å². The highest BCUT2D eigenvalue weighted by Gasteiger charge is 2.38. The maximum absolute atomic E-state index is 12.8. The van der Waals surface area contributed by atoms with Crippen molar-refractivity contribution < 1.29 is 13.2 Å². The molecule has 0 amide bonds. The Bertz CT molecular complexity index is 545. The summed E-state index contributed by atoms with van der Waals surface area (Å²) in [5, 5.41) is 3.64. The zero-order chi connectivity index (χ0) is 12.6. The van der Waals surface area contributed by atoms with Crippen molar-refractivity contribution in [3.8, 4) is 5.69 Å². The first-order valence-corrected chi connectivity index (χ1v) is 4.73. The Morgan fingerprint density at radius 2 is 2.00 bits per heavy atom. The summed E-state index contributed by atoms with van der Waals surface area (Å²) in [6, 6.07) is 1.60. The van der Waals surface area contributed by atoms with Crippen LogP contribution in [0.2, 0.25) is 0 Å². The lowest BCUT2D eigenvalue weighted by atomic mass is 10.2. The molecule has 0 atom stereocenters. The van der Waals surface area contributed by atoms with Crippen molar-refractivity contribution in [2.75, 3.05) is 5.73 Å². The molecule has 0 aromatic carbocycles. The van der Waals surface area contributed by atoms with E-state index in [-0.39, 0.29) is 5.69 Å². The van der Waals surface area contributed by atoms with E-state index in [0.29, 0.717) is 5.56 Å². The average Bonchev–Trinajstić information content (AvgIpc) is 2.60. The molecule has 0 spiro atoms. The third-order valence-electron chi connectivity index (χ3n) is 2.31. The maximum Gasteiger partial charge on any atom is 0.435 e. The molecule has 7 heteroatoms. The van der Waals surface area contributed by atoms with Gasteiger partial charge in [-0.25, -0.2) is 4.68 Å². The highest BCUT2D eigenvalue weighted by Crippen LogP contribution is 2.35. The van der Waals surface area contributed by atoms with Gasteiger partial charge in [-0.05, 0) is 18.6 Å². The average molecular weight is 242 g/mol. The highest BCUT2D eigenvalue weighted by atomic mass is 19.4. The molecule has 0 aliphatic carbocycles. The minimum atomic E-state index is -4.55. The topological polar surface area (TPSA) is 56.7 Å². The Kier molecular flexibility index (Phi) is 2.53. The van der Waals surface area contributed by atoms with Gasteiger partial charge in [-0.3, -0.25) is 4.98 Å². The molecule has 90 valence electrons. The molecule has 0 bridgehead atoms. The first-order chi connectivity index (χ1) is 7.91. The Morgan fingerprint density at radius 3 is 2.59 bits per heavy atom. The van der Waals surface area contributed by atoms with Gasteiger partial charge in [-0.2, -0.15) is 18.3 Å². The lowest BCUT2D eigenvalue weighted by Crippen LogP contribution is -2.16. The number of halogens is 3. The van der Waals surface area contributed by atoms with E-state index < -0.39 is 17.6 Å². The second-order valence-corrected chi connectivity index (χ2v) is 3.52. The van der Waals surface area contributed by atoms with Crippen LogP contribution in [0.25, 0.3) is 5.69 Å². The summed E-state index contributed by atoms with van der Waals surface area (Å²) in [6.45, 7) is 1.68. The number of aromatic nitrogens is 3. The van der Waals surface area contributed by atoms with Gasteiger partial charge in [-0.1, -0.05) is 0 Å². The monoisotopic (exact) mass is 242 g/mol. The minimum Gasteiger partial charge on any atom is -0.396 e. The number of nitrogens with zero attached hydrogens (tertiary/aromatic N) is 3. The van der Waals surface area contributed by atoms with Crippen molar-refractivity contribution in [2.24, 2.45) is 0 Å². The normalized spacial score (nSPS) is 11.8. The Hall–Kier alpha value is -2.05. The van der Waals surface area contributed by atoms with Gasteiger partial charge in [0.25, 0.3) is 0 Å². The Morgan fingerprint density at radius 1 is 1.29 bits per heavy atom. The van der Waals surface area contributed by atoms with E-state index in [9.17, 15) is 13.2 Å². The molecule has 2 rings (SSSR count). The molecule has 2 N–H and O–H groups in total. The second kappa shape index (κ2) is 3.76. The van der Waals surface area contributed by atoms with E-state index in [0.717, 1.165) is 10.9 Å². The first kappa shape index (κ1) is 11.4. The summed E-state index contributed by atoms with van der Waals surface area (Å²) in [4.78, 5) is 3.79.